The Labute approximate surface area is 128 Å². The normalized spacial score (nSPS) is 12.7. The zero-order chi connectivity index (χ0) is 17.3. The van der Waals surface area contributed by atoms with Crippen LogP contribution in [0.5, 0.6) is 5.75 Å². The largest absolute Gasteiger partial charge is 0.534 e. The molecule has 0 aliphatic heterocycles. The summed E-state index contributed by atoms with van der Waals surface area (Å²) in [6.07, 6.45) is 1.89. The number of carbonyl (C=O) groups is 1. The number of carboxylic acids is 1. The van der Waals surface area contributed by atoms with Crippen LogP contribution in [0.3, 0.4) is 0 Å². The Morgan fingerprint density at radius 2 is 1.91 bits per heavy atom. The first-order valence-corrected chi connectivity index (χ1v) is 7.32. The Kier molecular flexibility index (Phi) is 4.28. The number of pyridine rings is 1. The highest BCUT2D eigenvalue weighted by atomic mass is 32.2. The molecule has 1 N–H and O–H groups in total. The van der Waals surface area contributed by atoms with Crippen LogP contribution in [-0.2, 0) is 14.9 Å². The smallest absolute Gasteiger partial charge is 0.478 e. The van der Waals surface area contributed by atoms with Crippen LogP contribution in [0.4, 0.5) is 13.2 Å². The summed E-state index contributed by atoms with van der Waals surface area (Å²) in [5, 5.41) is 8.87. The second-order valence-electron chi connectivity index (χ2n) is 4.22. The van der Waals surface area contributed by atoms with Gasteiger partial charge in [0.2, 0.25) is 0 Å². The van der Waals surface area contributed by atoms with Gasteiger partial charge in [0.25, 0.3) is 0 Å². The molecular weight excluding hydrogens is 339 g/mol. The SMILES string of the molecule is O=C(O)C=Cc1ccc2cccc(OS(=O)(=O)C(F)(F)F)c2n1. The van der Waals surface area contributed by atoms with Crippen LogP contribution in [0.15, 0.2) is 36.4 Å². The molecule has 1 heterocycles. The fraction of sp³-hybridized carbons (Fsp3) is 0.0769. The van der Waals surface area contributed by atoms with Gasteiger partial charge in [0.15, 0.2) is 5.75 Å². The summed E-state index contributed by atoms with van der Waals surface area (Å²) >= 11 is 0. The predicted octanol–water partition coefficient (Wildman–Crippen LogP) is 2.56. The molecule has 0 bridgehead atoms. The number of hydrogen-bond donors (Lipinski definition) is 1. The van der Waals surface area contributed by atoms with Crippen LogP contribution in [0.25, 0.3) is 17.0 Å². The van der Waals surface area contributed by atoms with E-state index in [0.717, 1.165) is 18.2 Å². The third-order valence-electron chi connectivity index (χ3n) is 2.58. The second kappa shape index (κ2) is 5.88. The number of fused-ring (bicyclic) bond motifs is 1. The summed E-state index contributed by atoms with van der Waals surface area (Å²) in [6, 6.07) is 6.67. The molecule has 0 aliphatic rings. The van der Waals surface area contributed by atoms with Crippen molar-refractivity contribution in [3.8, 4) is 5.75 Å². The number of nitrogens with zero attached hydrogens (tertiary/aromatic N) is 1. The van der Waals surface area contributed by atoms with Gasteiger partial charge in [-0.3, -0.25) is 0 Å². The van der Waals surface area contributed by atoms with Crippen molar-refractivity contribution in [3.05, 3.63) is 42.1 Å². The molecular formula is C13H8F3NO5S. The molecule has 0 unspecified atom stereocenters. The molecule has 0 saturated carbocycles. The number of halogens is 3. The standard InChI is InChI=1S/C13H8F3NO5S/c14-13(15,16)23(20,21)22-10-3-1-2-8-4-5-9(17-12(8)10)6-7-11(18)19/h1-7H,(H,18,19). The average Bonchev–Trinajstić information content (AvgIpc) is 2.44. The van der Waals surface area contributed by atoms with Crippen LogP contribution in [0, 0.1) is 0 Å². The fourth-order valence-corrected chi connectivity index (χ4v) is 2.08. The predicted molar refractivity (Wildman–Crippen MR) is 74.0 cm³/mol. The van der Waals surface area contributed by atoms with Crippen molar-refractivity contribution in [3.63, 3.8) is 0 Å². The summed E-state index contributed by atoms with van der Waals surface area (Å²) in [5.74, 6) is -1.85. The van der Waals surface area contributed by atoms with E-state index in [1.54, 1.807) is 0 Å². The minimum absolute atomic E-state index is 0.111. The van der Waals surface area contributed by atoms with E-state index in [0.29, 0.717) is 5.39 Å². The van der Waals surface area contributed by atoms with Crippen molar-refractivity contribution < 1.29 is 35.7 Å². The van der Waals surface area contributed by atoms with Gasteiger partial charge in [-0.2, -0.15) is 21.6 Å². The van der Waals surface area contributed by atoms with E-state index in [1.807, 2.05) is 0 Å². The number of carboxylic acid groups (broad SMARTS) is 1. The van der Waals surface area contributed by atoms with Crippen molar-refractivity contribution >= 4 is 33.1 Å². The number of para-hydroxylation sites is 1. The fourth-order valence-electron chi connectivity index (χ4n) is 1.62. The van der Waals surface area contributed by atoms with Crippen molar-refractivity contribution in [1.82, 2.24) is 4.98 Å². The topological polar surface area (TPSA) is 93.6 Å². The number of rotatable bonds is 4. The van der Waals surface area contributed by atoms with E-state index < -0.39 is 27.3 Å². The summed E-state index contributed by atoms with van der Waals surface area (Å²) < 4.78 is 63.5. The zero-order valence-corrected chi connectivity index (χ0v) is 11.9. The third kappa shape index (κ3) is 3.77. The Balaban J connectivity index is 2.52. The third-order valence-corrected chi connectivity index (χ3v) is 3.55. The lowest BCUT2D eigenvalue weighted by molar-refractivity contribution is -0.131. The molecule has 0 saturated heterocycles. The highest BCUT2D eigenvalue weighted by molar-refractivity contribution is 7.88. The lowest BCUT2D eigenvalue weighted by Gasteiger charge is -2.11. The van der Waals surface area contributed by atoms with Crippen LogP contribution < -0.4 is 4.18 Å². The van der Waals surface area contributed by atoms with E-state index >= 15 is 0 Å². The van der Waals surface area contributed by atoms with Crippen LogP contribution in [0.2, 0.25) is 0 Å². The number of alkyl halides is 3. The van der Waals surface area contributed by atoms with E-state index in [2.05, 4.69) is 9.17 Å². The first kappa shape index (κ1) is 16.7. The monoisotopic (exact) mass is 347 g/mol. The molecule has 2 aromatic rings. The van der Waals surface area contributed by atoms with Crippen molar-refractivity contribution in [1.29, 1.82) is 0 Å². The molecule has 122 valence electrons. The van der Waals surface area contributed by atoms with Gasteiger partial charge in [0, 0.05) is 11.5 Å². The maximum absolute atomic E-state index is 12.4. The van der Waals surface area contributed by atoms with Crippen LogP contribution in [-0.4, -0.2) is 30.0 Å². The summed E-state index contributed by atoms with van der Waals surface area (Å²) in [4.78, 5) is 14.4. The minimum atomic E-state index is -5.83. The highest BCUT2D eigenvalue weighted by Gasteiger charge is 2.48. The van der Waals surface area contributed by atoms with Crippen molar-refractivity contribution in [2.24, 2.45) is 0 Å². The van der Waals surface area contributed by atoms with Gasteiger partial charge in [0.1, 0.15) is 5.52 Å². The lowest BCUT2D eigenvalue weighted by atomic mass is 10.2. The molecule has 0 spiro atoms. The number of hydrogen-bond acceptors (Lipinski definition) is 5. The first-order chi connectivity index (χ1) is 10.6. The Hall–Kier alpha value is -2.62. The summed E-state index contributed by atoms with van der Waals surface area (Å²) in [6.45, 7) is 0. The molecule has 2 rings (SSSR count). The van der Waals surface area contributed by atoms with Gasteiger partial charge in [-0.05, 0) is 18.2 Å². The van der Waals surface area contributed by atoms with Gasteiger partial charge >= 0.3 is 21.6 Å². The van der Waals surface area contributed by atoms with E-state index in [1.165, 1.54) is 24.3 Å². The molecule has 1 aromatic carbocycles. The van der Waals surface area contributed by atoms with E-state index in [-0.39, 0.29) is 11.2 Å². The lowest BCUT2D eigenvalue weighted by Crippen LogP contribution is -2.28. The van der Waals surface area contributed by atoms with Gasteiger partial charge in [-0.25, -0.2) is 9.78 Å². The number of aliphatic carboxylic acids is 1. The zero-order valence-electron chi connectivity index (χ0n) is 11.1. The highest BCUT2D eigenvalue weighted by Crippen LogP contribution is 2.31. The minimum Gasteiger partial charge on any atom is -0.478 e. The van der Waals surface area contributed by atoms with Gasteiger partial charge < -0.3 is 9.29 Å². The molecule has 6 nitrogen and oxygen atoms in total. The van der Waals surface area contributed by atoms with Crippen LogP contribution in [0.1, 0.15) is 5.69 Å². The molecule has 0 amide bonds. The number of aromatic nitrogens is 1. The molecule has 23 heavy (non-hydrogen) atoms. The molecule has 0 radical (unpaired) electrons. The van der Waals surface area contributed by atoms with Gasteiger partial charge in [-0.15, -0.1) is 0 Å². The Bertz CT molecular complexity index is 890. The van der Waals surface area contributed by atoms with E-state index in [4.69, 9.17) is 5.11 Å². The van der Waals surface area contributed by atoms with Crippen LogP contribution >= 0.6 is 0 Å². The second-order valence-corrected chi connectivity index (χ2v) is 5.76. The molecule has 0 aliphatic carbocycles. The maximum atomic E-state index is 12.4. The molecule has 0 fully saturated rings. The molecule has 0 atom stereocenters. The van der Waals surface area contributed by atoms with Gasteiger partial charge in [-0.1, -0.05) is 18.2 Å². The first-order valence-electron chi connectivity index (χ1n) is 5.92. The van der Waals surface area contributed by atoms with Gasteiger partial charge in [0.05, 0.1) is 5.69 Å². The van der Waals surface area contributed by atoms with E-state index in [9.17, 15) is 26.4 Å². The summed E-state index contributed by atoms with van der Waals surface area (Å²) in [5.41, 5.74) is -5.61. The maximum Gasteiger partial charge on any atom is 0.534 e. The molecule has 10 heteroatoms. The average molecular weight is 347 g/mol. The molecule has 1 aromatic heterocycles. The Morgan fingerprint density at radius 1 is 1.22 bits per heavy atom. The van der Waals surface area contributed by atoms with Crippen molar-refractivity contribution in [2.75, 3.05) is 0 Å². The number of benzene rings is 1. The van der Waals surface area contributed by atoms with Crippen molar-refractivity contribution in [2.45, 2.75) is 5.51 Å². The summed E-state index contributed by atoms with van der Waals surface area (Å²) in [7, 11) is -5.83. The Morgan fingerprint density at radius 3 is 2.52 bits per heavy atom. The quantitative estimate of drug-likeness (QED) is 0.519.